The van der Waals surface area contributed by atoms with E-state index in [0.717, 1.165) is 0 Å². The van der Waals surface area contributed by atoms with Gasteiger partial charge in [0.1, 0.15) is 5.69 Å². The molecule has 0 unspecified atom stereocenters. The van der Waals surface area contributed by atoms with Crippen LogP contribution in [-0.2, 0) is 0 Å². The Labute approximate surface area is 107 Å². The minimum absolute atomic E-state index is 0.272. The SMILES string of the molecule is NC(=O)c1cnn(-c2c(Cl)cc(N)cc2Cl)c1. The third-order valence-electron chi connectivity index (χ3n) is 2.14. The minimum Gasteiger partial charge on any atom is -0.399 e. The van der Waals surface area contributed by atoms with Crippen molar-refractivity contribution < 1.29 is 4.79 Å². The number of aromatic nitrogens is 2. The van der Waals surface area contributed by atoms with Crippen molar-refractivity contribution in [2.24, 2.45) is 5.73 Å². The molecule has 0 aliphatic heterocycles. The lowest BCUT2D eigenvalue weighted by Gasteiger charge is -2.07. The third kappa shape index (κ3) is 2.20. The second-order valence-electron chi connectivity index (χ2n) is 3.37. The van der Waals surface area contributed by atoms with Crippen molar-refractivity contribution in [1.82, 2.24) is 9.78 Å². The summed E-state index contributed by atoms with van der Waals surface area (Å²) in [4.78, 5) is 11.0. The lowest BCUT2D eigenvalue weighted by atomic mass is 10.3. The average molecular weight is 271 g/mol. The van der Waals surface area contributed by atoms with Crippen LogP contribution in [0.4, 0.5) is 5.69 Å². The lowest BCUT2D eigenvalue weighted by molar-refractivity contribution is 0.100. The zero-order valence-corrected chi connectivity index (χ0v) is 10.0. The van der Waals surface area contributed by atoms with Crippen molar-refractivity contribution in [1.29, 1.82) is 0 Å². The molecular weight excluding hydrogens is 263 g/mol. The molecule has 5 nitrogen and oxygen atoms in total. The van der Waals surface area contributed by atoms with Gasteiger partial charge in [-0.3, -0.25) is 4.79 Å². The molecule has 4 N–H and O–H groups in total. The van der Waals surface area contributed by atoms with Gasteiger partial charge in [-0.15, -0.1) is 0 Å². The Kier molecular flexibility index (Phi) is 2.95. The van der Waals surface area contributed by atoms with Crippen molar-refractivity contribution in [3.05, 3.63) is 40.1 Å². The Bertz CT molecular complexity index is 571. The quantitative estimate of drug-likeness (QED) is 0.817. The molecule has 0 aliphatic carbocycles. The summed E-state index contributed by atoms with van der Waals surface area (Å²) in [6, 6.07) is 3.10. The molecule has 1 heterocycles. The van der Waals surface area contributed by atoms with Gasteiger partial charge in [0.2, 0.25) is 0 Å². The highest BCUT2D eigenvalue weighted by atomic mass is 35.5. The number of nitrogens with two attached hydrogens (primary N) is 2. The second-order valence-corrected chi connectivity index (χ2v) is 4.19. The van der Waals surface area contributed by atoms with Crippen LogP contribution in [-0.4, -0.2) is 15.7 Å². The zero-order valence-electron chi connectivity index (χ0n) is 8.52. The predicted octanol–water partition coefficient (Wildman–Crippen LogP) is 1.86. The highest BCUT2D eigenvalue weighted by Crippen LogP contribution is 2.30. The number of amides is 1. The highest BCUT2D eigenvalue weighted by Gasteiger charge is 2.12. The van der Waals surface area contributed by atoms with Crippen LogP contribution in [0.5, 0.6) is 0 Å². The first-order valence-electron chi connectivity index (χ1n) is 4.58. The number of nitrogens with zero attached hydrogens (tertiary/aromatic N) is 2. The predicted molar refractivity (Wildman–Crippen MR) is 66.5 cm³/mol. The van der Waals surface area contributed by atoms with Crippen molar-refractivity contribution >= 4 is 34.8 Å². The summed E-state index contributed by atoms with van der Waals surface area (Å²) in [5.74, 6) is -0.570. The summed E-state index contributed by atoms with van der Waals surface area (Å²) in [5.41, 5.74) is 11.9. The molecule has 0 atom stereocenters. The van der Waals surface area contributed by atoms with E-state index >= 15 is 0 Å². The van der Waals surface area contributed by atoms with Gasteiger partial charge in [-0.2, -0.15) is 5.10 Å². The second kappa shape index (κ2) is 4.27. The van der Waals surface area contributed by atoms with E-state index in [1.165, 1.54) is 17.1 Å². The summed E-state index contributed by atoms with van der Waals surface area (Å²) >= 11 is 12.0. The number of carbonyl (C=O) groups is 1. The van der Waals surface area contributed by atoms with Gasteiger partial charge >= 0.3 is 0 Å². The van der Waals surface area contributed by atoms with E-state index in [4.69, 9.17) is 34.7 Å². The molecule has 0 bridgehead atoms. The molecule has 0 radical (unpaired) electrons. The standard InChI is InChI=1S/C10H8Cl2N4O/c11-7-1-6(13)2-8(12)9(7)16-4-5(3-15-16)10(14)17/h1-4H,13H2,(H2,14,17). The first-order chi connectivity index (χ1) is 7.99. The van der Waals surface area contributed by atoms with E-state index < -0.39 is 5.91 Å². The first-order valence-corrected chi connectivity index (χ1v) is 5.34. The number of nitrogen functional groups attached to an aromatic ring is 1. The van der Waals surface area contributed by atoms with Crippen LogP contribution in [0.3, 0.4) is 0 Å². The Morgan fingerprint density at radius 1 is 1.29 bits per heavy atom. The van der Waals surface area contributed by atoms with Crippen LogP contribution in [0.1, 0.15) is 10.4 Å². The maximum Gasteiger partial charge on any atom is 0.251 e. The van der Waals surface area contributed by atoms with Gasteiger partial charge in [-0.1, -0.05) is 23.2 Å². The van der Waals surface area contributed by atoms with Gasteiger partial charge in [-0.25, -0.2) is 4.68 Å². The fourth-order valence-electron chi connectivity index (χ4n) is 1.38. The molecule has 1 aromatic carbocycles. The van der Waals surface area contributed by atoms with Crippen LogP contribution >= 0.6 is 23.2 Å². The summed E-state index contributed by atoms with van der Waals surface area (Å²) in [5, 5.41) is 4.65. The normalized spacial score (nSPS) is 10.5. The van der Waals surface area contributed by atoms with Crippen LogP contribution in [0.15, 0.2) is 24.5 Å². The van der Waals surface area contributed by atoms with Crippen molar-refractivity contribution in [3.8, 4) is 5.69 Å². The number of rotatable bonds is 2. The van der Waals surface area contributed by atoms with Crippen molar-refractivity contribution in [2.75, 3.05) is 5.73 Å². The number of halogens is 2. The van der Waals surface area contributed by atoms with E-state index in [1.54, 1.807) is 12.1 Å². The molecule has 0 fully saturated rings. The molecule has 0 saturated heterocycles. The zero-order chi connectivity index (χ0) is 12.6. The van der Waals surface area contributed by atoms with E-state index in [1.807, 2.05) is 0 Å². The molecule has 1 aromatic heterocycles. The number of hydrogen-bond donors (Lipinski definition) is 2. The number of primary amides is 1. The maximum absolute atomic E-state index is 11.0. The number of anilines is 1. The van der Waals surface area contributed by atoms with Crippen LogP contribution in [0.2, 0.25) is 10.0 Å². The van der Waals surface area contributed by atoms with E-state index in [-0.39, 0.29) is 5.56 Å². The molecule has 2 rings (SSSR count). The van der Waals surface area contributed by atoms with Gasteiger partial charge < -0.3 is 11.5 Å². The highest BCUT2D eigenvalue weighted by molar-refractivity contribution is 6.38. The van der Waals surface area contributed by atoms with E-state index in [9.17, 15) is 4.79 Å². The van der Waals surface area contributed by atoms with Gasteiger partial charge in [-0.05, 0) is 12.1 Å². The monoisotopic (exact) mass is 270 g/mol. The molecule has 17 heavy (non-hydrogen) atoms. The summed E-state index contributed by atoms with van der Waals surface area (Å²) in [7, 11) is 0. The fourth-order valence-corrected chi connectivity index (χ4v) is 2.05. The molecule has 88 valence electrons. The Hall–Kier alpha value is -1.72. The molecule has 7 heteroatoms. The third-order valence-corrected chi connectivity index (χ3v) is 2.71. The Morgan fingerprint density at radius 2 is 1.88 bits per heavy atom. The van der Waals surface area contributed by atoms with Gasteiger partial charge in [0, 0.05) is 11.9 Å². The Morgan fingerprint density at radius 3 is 2.35 bits per heavy atom. The smallest absolute Gasteiger partial charge is 0.251 e. The number of hydrogen-bond acceptors (Lipinski definition) is 3. The van der Waals surface area contributed by atoms with Crippen molar-refractivity contribution in [2.45, 2.75) is 0 Å². The minimum atomic E-state index is -0.570. The topological polar surface area (TPSA) is 86.9 Å². The summed E-state index contributed by atoms with van der Waals surface area (Å²) in [6.07, 6.45) is 2.79. The van der Waals surface area contributed by atoms with Gasteiger partial charge in [0.25, 0.3) is 5.91 Å². The molecule has 0 aliphatic rings. The van der Waals surface area contributed by atoms with E-state index in [0.29, 0.717) is 21.4 Å². The molecule has 2 aromatic rings. The maximum atomic E-state index is 11.0. The Balaban J connectivity index is 2.56. The number of carbonyl (C=O) groups excluding carboxylic acids is 1. The lowest BCUT2D eigenvalue weighted by Crippen LogP contribution is -2.09. The first kappa shape index (κ1) is 11.8. The molecule has 0 spiro atoms. The van der Waals surface area contributed by atoms with Crippen LogP contribution < -0.4 is 11.5 Å². The largest absolute Gasteiger partial charge is 0.399 e. The summed E-state index contributed by atoms with van der Waals surface area (Å²) < 4.78 is 1.38. The van der Waals surface area contributed by atoms with Crippen LogP contribution in [0, 0.1) is 0 Å². The number of benzene rings is 1. The molecule has 1 amide bonds. The molecule has 0 saturated carbocycles. The van der Waals surface area contributed by atoms with Gasteiger partial charge in [0.05, 0.1) is 21.8 Å². The summed E-state index contributed by atoms with van der Waals surface area (Å²) in [6.45, 7) is 0. The fraction of sp³-hybridized carbons (Fsp3) is 0. The van der Waals surface area contributed by atoms with Crippen LogP contribution in [0.25, 0.3) is 5.69 Å². The average Bonchev–Trinajstić information content (AvgIpc) is 2.65. The van der Waals surface area contributed by atoms with Crippen molar-refractivity contribution in [3.63, 3.8) is 0 Å². The van der Waals surface area contributed by atoms with Gasteiger partial charge in [0.15, 0.2) is 0 Å². The van der Waals surface area contributed by atoms with E-state index in [2.05, 4.69) is 5.10 Å². The molecular formula is C10H8Cl2N4O.